The van der Waals surface area contributed by atoms with Crippen LogP contribution in [0.1, 0.15) is 61.8 Å². The molecule has 166 valence electrons. The van der Waals surface area contributed by atoms with E-state index in [-0.39, 0.29) is 30.5 Å². The van der Waals surface area contributed by atoms with Crippen molar-refractivity contribution in [1.29, 1.82) is 0 Å². The van der Waals surface area contributed by atoms with Gasteiger partial charge in [0.15, 0.2) is 0 Å². The second kappa shape index (κ2) is 8.84. The molecule has 5 heteroatoms. The van der Waals surface area contributed by atoms with Crippen LogP contribution in [0.15, 0.2) is 48.8 Å². The van der Waals surface area contributed by atoms with E-state index in [9.17, 15) is 0 Å². The van der Waals surface area contributed by atoms with Gasteiger partial charge in [0.25, 0.3) is 0 Å². The van der Waals surface area contributed by atoms with E-state index in [0.717, 1.165) is 35.5 Å². The van der Waals surface area contributed by atoms with Crippen LogP contribution >= 0.6 is 11.6 Å². The molecule has 0 spiro atoms. The average molecular weight is 441 g/mol. The summed E-state index contributed by atoms with van der Waals surface area (Å²) in [6.45, 7) is 11.3. The number of rotatable bonds is 6. The number of pyridine rings is 1. The molecule has 2 aliphatic rings. The van der Waals surface area contributed by atoms with Crippen molar-refractivity contribution < 1.29 is 9.84 Å². The van der Waals surface area contributed by atoms with E-state index in [1.807, 2.05) is 18.3 Å². The molecule has 5 atom stereocenters. The molecule has 1 aliphatic carbocycles. The van der Waals surface area contributed by atoms with Gasteiger partial charge >= 0.3 is 0 Å². The maximum atomic E-state index is 9.04. The second-order valence-electron chi connectivity index (χ2n) is 9.13. The minimum absolute atomic E-state index is 0.0152. The van der Waals surface area contributed by atoms with Crippen molar-refractivity contribution in [2.24, 2.45) is 11.3 Å². The van der Waals surface area contributed by atoms with Crippen LogP contribution in [0.5, 0.6) is 5.75 Å². The molecule has 2 fully saturated rings. The minimum Gasteiger partial charge on any atom is -0.491 e. The van der Waals surface area contributed by atoms with Crippen molar-refractivity contribution in [3.05, 3.63) is 70.6 Å². The quantitative estimate of drug-likeness (QED) is 0.614. The molecule has 1 saturated heterocycles. The number of nitrogens with one attached hydrogen (secondary N) is 1. The average Bonchev–Trinajstić information content (AvgIpc) is 3.03. The first kappa shape index (κ1) is 22.2. The van der Waals surface area contributed by atoms with Gasteiger partial charge in [-0.05, 0) is 74.3 Å². The van der Waals surface area contributed by atoms with Crippen LogP contribution in [0, 0.1) is 18.3 Å². The van der Waals surface area contributed by atoms with Crippen molar-refractivity contribution in [2.45, 2.75) is 57.9 Å². The fourth-order valence-electron chi connectivity index (χ4n) is 6.11. The maximum Gasteiger partial charge on any atom is 0.120 e. The van der Waals surface area contributed by atoms with E-state index in [0.29, 0.717) is 17.7 Å². The predicted molar refractivity (Wildman–Crippen MR) is 126 cm³/mol. The Morgan fingerprint density at radius 2 is 2.13 bits per heavy atom. The van der Waals surface area contributed by atoms with E-state index >= 15 is 0 Å². The molecule has 1 aromatic heterocycles. The third kappa shape index (κ3) is 3.85. The van der Waals surface area contributed by atoms with Crippen molar-refractivity contribution in [1.82, 2.24) is 10.3 Å². The fraction of sp³-hybridized carbons (Fsp3) is 0.500. The number of hydrogen-bond acceptors (Lipinski definition) is 4. The van der Waals surface area contributed by atoms with E-state index in [1.54, 1.807) is 0 Å². The van der Waals surface area contributed by atoms with E-state index in [2.05, 4.69) is 50.9 Å². The number of hydrogen-bond donors (Lipinski definition) is 2. The standard InChI is InChI=1S/C26H33ClN2O2/c1-5-26-11-10-21(20-8-7-19(14-22(20)27)31-13-12-30)24(23-9-6-16(2)15-28-23)25(26)17(3)29-18(26)4/h6-9,14-15,17,21,24-25,29-30H,4-5,10-13H2,1-3H3. The molecule has 1 saturated carbocycles. The van der Waals surface area contributed by atoms with Crippen LogP contribution in [-0.2, 0) is 0 Å². The molecule has 0 radical (unpaired) electrons. The maximum absolute atomic E-state index is 9.04. The Bertz CT molecular complexity index is 945. The number of halogens is 1. The number of ether oxygens (including phenoxy) is 1. The fourth-order valence-corrected chi connectivity index (χ4v) is 6.42. The summed E-state index contributed by atoms with van der Waals surface area (Å²) in [4.78, 5) is 4.90. The molecule has 0 bridgehead atoms. The van der Waals surface area contributed by atoms with Crippen LogP contribution in [0.25, 0.3) is 0 Å². The molecule has 4 nitrogen and oxygen atoms in total. The van der Waals surface area contributed by atoms with E-state index in [1.165, 1.54) is 11.3 Å². The van der Waals surface area contributed by atoms with Gasteiger partial charge < -0.3 is 15.2 Å². The summed E-state index contributed by atoms with van der Waals surface area (Å²) in [5, 5.41) is 13.4. The zero-order valence-corrected chi connectivity index (χ0v) is 19.5. The summed E-state index contributed by atoms with van der Waals surface area (Å²) in [6.07, 6.45) is 5.18. The Morgan fingerprint density at radius 3 is 2.77 bits per heavy atom. The molecule has 1 aromatic carbocycles. The number of aliphatic hydroxyl groups is 1. The summed E-state index contributed by atoms with van der Waals surface area (Å²) in [5.41, 5.74) is 4.73. The van der Waals surface area contributed by atoms with Gasteiger partial charge in [-0.2, -0.15) is 0 Å². The first-order valence-corrected chi connectivity index (χ1v) is 11.7. The van der Waals surface area contributed by atoms with Crippen molar-refractivity contribution in [2.75, 3.05) is 13.2 Å². The SMILES string of the molecule is C=C1NC(C)C2C(c3ccc(C)cn3)C(c3ccc(OCCO)cc3Cl)CCC12CC. The zero-order chi connectivity index (χ0) is 22.2. The molecule has 4 rings (SSSR count). The summed E-state index contributed by atoms with van der Waals surface area (Å²) in [5.74, 6) is 1.61. The molecule has 5 unspecified atom stereocenters. The molecule has 1 aliphatic heterocycles. The molecule has 31 heavy (non-hydrogen) atoms. The highest BCUT2D eigenvalue weighted by Crippen LogP contribution is 2.62. The highest BCUT2D eigenvalue weighted by molar-refractivity contribution is 6.31. The second-order valence-corrected chi connectivity index (χ2v) is 9.54. The smallest absolute Gasteiger partial charge is 0.120 e. The number of aromatic nitrogens is 1. The van der Waals surface area contributed by atoms with Crippen LogP contribution in [0.2, 0.25) is 5.02 Å². The molecule has 2 aromatic rings. The Kier molecular flexibility index (Phi) is 6.32. The number of nitrogens with zero attached hydrogens (tertiary/aromatic N) is 1. The first-order valence-electron chi connectivity index (χ1n) is 11.3. The van der Waals surface area contributed by atoms with Crippen molar-refractivity contribution in [3.63, 3.8) is 0 Å². The molecular formula is C26H33ClN2O2. The lowest BCUT2D eigenvalue weighted by atomic mass is 9.54. The van der Waals surface area contributed by atoms with Gasteiger partial charge in [-0.1, -0.05) is 37.2 Å². The lowest BCUT2D eigenvalue weighted by molar-refractivity contribution is 0.105. The van der Waals surface area contributed by atoms with Crippen molar-refractivity contribution in [3.8, 4) is 5.75 Å². The molecule has 2 N–H and O–H groups in total. The Morgan fingerprint density at radius 1 is 1.32 bits per heavy atom. The number of aliphatic hydroxyl groups excluding tert-OH is 1. The summed E-state index contributed by atoms with van der Waals surface area (Å²) < 4.78 is 5.57. The van der Waals surface area contributed by atoms with Gasteiger partial charge in [-0.3, -0.25) is 4.98 Å². The van der Waals surface area contributed by atoms with Crippen LogP contribution in [0.3, 0.4) is 0 Å². The predicted octanol–water partition coefficient (Wildman–Crippen LogP) is 5.59. The van der Waals surface area contributed by atoms with E-state index < -0.39 is 0 Å². The minimum atomic E-state index is -0.0152. The molecule has 2 heterocycles. The van der Waals surface area contributed by atoms with Gasteiger partial charge in [0.2, 0.25) is 0 Å². The number of aryl methyl sites for hydroxylation is 1. The monoisotopic (exact) mass is 440 g/mol. The van der Waals surface area contributed by atoms with Gasteiger partial charge in [0.05, 0.1) is 6.61 Å². The number of fused-ring (bicyclic) bond motifs is 1. The van der Waals surface area contributed by atoms with Gasteiger partial charge in [-0.25, -0.2) is 0 Å². The van der Waals surface area contributed by atoms with Crippen molar-refractivity contribution >= 4 is 11.6 Å². The topological polar surface area (TPSA) is 54.4 Å². The summed E-state index contributed by atoms with van der Waals surface area (Å²) in [6, 6.07) is 10.6. The highest BCUT2D eigenvalue weighted by Gasteiger charge is 2.57. The highest BCUT2D eigenvalue weighted by atomic mass is 35.5. The largest absolute Gasteiger partial charge is 0.491 e. The van der Waals surface area contributed by atoms with Gasteiger partial charge in [0.1, 0.15) is 12.4 Å². The Balaban J connectivity index is 1.79. The summed E-state index contributed by atoms with van der Waals surface area (Å²) >= 11 is 6.80. The third-order valence-corrected chi connectivity index (χ3v) is 7.87. The van der Waals surface area contributed by atoms with Crippen LogP contribution < -0.4 is 10.1 Å². The Labute approximate surface area is 190 Å². The van der Waals surface area contributed by atoms with Gasteiger partial charge in [-0.15, -0.1) is 0 Å². The normalized spacial score (nSPS) is 30.0. The van der Waals surface area contributed by atoms with Gasteiger partial charge in [0, 0.05) is 40.0 Å². The lowest BCUT2D eigenvalue weighted by Crippen LogP contribution is -2.42. The van der Waals surface area contributed by atoms with Crippen LogP contribution in [-0.4, -0.2) is 29.3 Å². The lowest BCUT2D eigenvalue weighted by Gasteiger charge is -2.48. The van der Waals surface area contributed by atoms with E-state index in [4.69, 9.17) is 26.4 Å². The first-order chi connectivity index (χ1) is 14.9. The number of allylic oxidation sites excluding steroid dienone is 1. The van der Waals surface area contributed by atoms with Crippen LogP contribution in [0.4, 0.5) is 0 Å². The zero-order valence-electron chi connectivity index (χ0n) is 18.7. The number of benzene rings is 1. The third-order valence-electron chi connectivity index (χ3n) is 7.54. The molecular weight excluding hydrogens is 408 g/mol. The Hall–Kier alpha value is -2.04. The summed E-state index contributed by atoms with van der Waals surface area (Å²) in [7, 11) is 0. The molecule has 0 amide bonds.